The van der Waals surface area contributed by atoms with E-state index < -0.39 is 0 Å². The maximum Gasteiger partial charge on any atom is 0.0294 e. The first-order valence-corrected chi connectivity index (χ1v) is 6.79. The average Bonchev–Trinajstić information content (AvgIpc) is 2.58. The standard InChI is InChI=1S/C15H24N2/c1-12-5-7-14(8-6-12)13(2)17-15-4-3-10-16-11-9-15/h5-8,13,15-17H,3-4,9-11H2,1-2H3/t13-,15?/m0/s1. The molecule has 1 heterocycles. The molecular formula is C15H24N2. The summed E-state index contributed by atoms with van der Waals surface area (Å²) < 4.78 is 0. The van der Waals surface area contributed by atoms with Crippen molar-refractivity contribution in [3.63, 3.8) is 0 Å². The lowest BCUT2D eigenvalue weighted by molar-refractivity contribution is 0.421. The SMILES string of the molecule is Cc1ccc([C@H](C)NC2CCCNCC2)cc1. The third-order valence-corrected chi connectivity index (χ3v) is 3.64. The summed E-state index contributed by atoms with van der Waals surface area (Å²) in [5.41, 5.74) is 2.73. The maximum atomic E-state index is 3.75. The lowest BCUT2D eigenvalue weighted by Crippen LogP contribution is -2.32. The number of rotatable bonds is 3. The van der Waals surface area contributed by atoms with Crippen LogP contribution in [0.5, 0.6) is 0 Å². The van der Waals surface area contributed by atoms with Gasteiger partial charge in [0.25, 0.3) is 0 Å². The lowest BCUT2D eigenvalue weighted by Gasteiger charge is -2.22. The Labute approximate surface area is 105 Å². The Kier molecular flexibility index (Phi) is 4.57. The highest BCUT2D eigenvalue weighted by Gasteiger charge is 2.14. The summed E-state index contributed by atoms with van der Waals surface area (Å²) in [6.45, 7) is 6.73. The van der Waals surface area contributed by atoms with Gasteiger partial charge in [-0.3, -0.25) is 0 Å². The molecule has 1 aliphatic rings. The maximum absolute atomic E-state index is 3.75. The number of benzene rings is 1. The van der Waals surface area contributed by atoms with E-state index in [1.807, 2.05) is 0 Å². The monoisotopic (exact) mass is 232 g/mol. The molecule has 0 radical (unpaired) electrons. The van der Waals surface area contributed by atoms with E-state index in [-0.39, 0.29) is 0 Å². The van der Waals surface area contributed by atoms with E-state index in [0.717, 1.165) is 6.54 Å². The van der Waals surface area contributed by atoms with Crippen molar-refractivity contribution >= 4 is 0 Å². The second kappa shape index (κ2) is 6.18. The van der Waals surface area contributed by atoms with Gasteiger partial charge in [-0.15, -0.1) is 0 Å². The van der Waals surface area contributed by atoms with E-state index in [1.54, 1.807) is 0 Å². The van der Waals surface area contributed by atoms with Crippen LogP contribution in [0.25, 0.3) is 0 Å². The quantitative estimate of drug-likeness (QED) is 0.837. The van der Waals surface area contributed by atoms with Crippen molar-refractivity contribution in [1.82, 2.24) is 10.6 Å². The van der Waals surface area contributed by atoms with Gasteiger partial charge >= 0.3 is 0 Å². The number of aryl methyl sites for hydroxylation is 1. The minimum Gasteiger partial charge on any atom is -0.317 e. The van der Waals surface area contributed by atoms with Crippen molar-refractivity contribution in [3.05, 3.63) is 35.4 Å². The Morgan fingerprint density at radius 2 is 1.94 bits per heavy atom. The molecule has 1 aromatic rings. The smallest absolute Gasteiger partial charge is 0.0294 e. The third kappa shape index (κ3) is 3.83. The Bertz CT molecular complexity index is 323. The summed E-state index contributed by atoms with van der Waals surface area (Å²) in [5.74, 6) is 0. The third-order valence-electron chi connectivity index (χ3n) is 3.64. The molecule has 0 saturated carbocycles. The highest BCUT2D eigenvalue weighted by atomic mass is 15.0. The van der Waals surface area contributed by atoms with Crippen molar-refractivity contribution < 1.29 is 0 Å². The molecule has 2 heteroatoms. The zero-order valence-corrected chi connectivity index (χ0v) is 11.0. The first-order chi connectivity index (χ1) is 8.25. The largest absolute Gasteiger partial charge is 0.317 e. The van der Waals surface area contributed by atoms with E-state index in [9.17, 15) is 0 Å². The first kappa shape index (κ1) is 12.6. The van der Waals surface area contributed by atoms with Crippen molar-refractivity contribution in [2.75, 3.05) is 13.1 Å². The van der Waals surface area contributed by atoms with Crippen LogP contribution in [0.15, 0.2) is 24.3 Å². The Morgan fingerprint density at radius 1 is 1.18 bits per heavy atom. The Hall–Kier alpha value is -0.860. The zero-order chi connectivity index (χ0) is 12.1. The molecule has 1 aliphatic heterocycles. The van der Waals surface area contributed by atoms with Gasteiger partial charge in [0.1, 0.15) is 0 Å². The van der Waals surface area contributed by atoms with Crippen molar-refractivity contribution in [2.45, 2.75) is 45.2 Å². The Balaban J connectivity index is 1.91. The summed E-state index contributed by atoms with van der Waals surface area (Å²) >= 11 is 0. The van der Waals surface area contributed by atoms with Gasteiger partial charge < -0.3 is 10.6 Å². The molecule has 2 atom stereocenters. The van der Waals surface area contributed by atoms with E-state index in [2.05, 4.69) is 48.7 Å². The molecule has 0 aliphatic carbocycles. The van der Waals surface area contributed by atoms with Gasteiger partial charge in [0.2, 0.25) is 0 Å². The summed E-state index contributed by atoms with van der Waals surface area (Å²) in [5, 5.41) is 7.21. The number of nitrogens with one attached hydrogen (secondary N) is 2. The molecule has 1 unspecified atom stereocenters. The predicted octanol–water partition coefficient (Wildman–Crippen LogP) is 2.79. The van der Waals surface area contributed by atoms with Crippen LogP contribution in [0.3, 0.4) is 0 Å². The Morgan fingerprint density at radius 3 is 2.71 bits per heavy atom. The molecule has 1 aromatic carbocycles. The van der Waals surface area contributed by atoms with Crippen molar-refractivity contribution in [3.8, 4) is 0 Å². The van der Waals surface area contributed by atoms with Crippen molar-refractivity contribution in [2.24, 2.45) is 0 Å². The molecular weight excluding hydrogens is 208 g/mol. The molecule has 17 heavy (non-hydrogen) atoms. The molecule has 0 amide bonds. The van der Waals surface area contributed by atoms with Crippen LogP contribution < -0.4 is 10.6 Å². The molecule has 2 N–H and O–H groups in total. The zero-order valence-electron chi connectivity index (χ0n) is 11.0. The second-order valence-electron chi connectivity index (χ2n) is 5.18. The van der Waals surface area contributed by atoms with Crippen LogP contribution in [0, 0.1) is 6.92 Å². The van der Waals surface area contributed by atoms with Gasteiger partial charge in [0.15, 0.2) is 0 Å². The molecule has 0 bridgehead atoms. The van der Waals surface area contributed by atoms with E-state index in [1.165, 1.54) is 36.9 Å². The molecule has 1 fully saturated rings. The van der Waals surface area contributed by atoms with Crippen LogP contribution in [0.4, 0.5) is 0 Å². The molecule has 0 aromatic heterocycles. The highest BCUT2D eigenvalue weighted by molar-refractivity contribution is 5.23. The van der Waals surface area contributed by atoms with Crippen LogP contribution in [-0.2, 0) is 0 Å². The normalized spacial score (nSPS) is 23.1. The fraction of sp³-hybridized carbons (Fsp3) is 0.600. The summed E-state index contributed by atoms with van der Waals surface area (Å²) in [6.07, 6.45) is 3.83. The summed E-state index contributed by atoms with van der Waals surface area (Å²) in [7, 11) is 0. The fourth-order valence-electron chi connectivity index (χ4n) is 2.49. The topological polar surface area (TPSA) is 24.1 Å². The fourth-order valence-corrected chi connectivity index (χ4v) is 2.49. The molecule has 94 valence electrons. The highest BCUT2D eigenvalue weighted by Crippen LogP contribution is 2.16. The van der Waals surface area contributed by atoms with Gasteiger partial charge in [-0.05, 0) is 51.8 Å². The number of hydrogen-bond acceptors (Lipinski definition) is 2. The van der Waals surface area contributed by atoms with Crippen LogP contribution in [0.2, 0.25) is 0 Å². The van der Waals surface area contributed by atoms with Gasteiger partial charge in [-0.1, -0.05) is 29.8 Å². The predicted molar refractivity (Wildman–Crippen MR) is 73.2 cm³/mol. The molecule has 0 spiro atoms. The molecule has 2 rings (SSSR count). The minimum absolute atomic E-state index is 0.457. The van der Waals surface area contributed by atoms with Gasteiger partial charge in [-0.2, -0.15) is 0 Å². The van der Waals surface area contributed by atoms with Gasteiger partial charge in [0, 0.05) is 12.1 Å². The average molecular weight is 232 g/mol. The molecule has 1 saturated heterocycles. The van der Waals surface area contributed by atoms with Crippen molar-refractivity contribution in [1.29, 1.82) is 0 Å². The van der Waals surface area contributed by atoms with E-state index in [0.29, 0.717) is 12.1 Å². The minimum atomic E-state index is 0.457. The van der Waals surface area contributed by atoms with Gasteiger partial charge in [-0.25, -0.2) is 0 Å². The summed E-state index contributed by atoms with van der Waals surface area (Å²) in [4.78, 5) is 0. The van der Waals surface area contributed by atoms with Crippen LogP contribution in [0.1, 0.15) is 43.4 Å². The first-order valence-electron chi connectivity index (χ1n) is 6.79. The van der Waals surface area contributed by atoms with E-state index >= 15 is 0 Å². The number of hydrogen-bond donors (Lipinski definition) is 2. The van der Waals surface area contributed by atoms with E-state index in [4.69, 9.17) is 0 Å². The van der Waals surface area contributed by atoms with Gasteiger partial charge in [0.05, 0.1) is 0 Å². The van der Waals surface area contributed by atoms with Crippen LogP contribution >= 0.6 is 0 Å². The second-order valence-corrected chi connectivity index (χ2v) is 5.18. The summed E-state index contributed by atoms with van der Waals surface area (Å²) in [6, 6.07) is 9.99. The lowest BCUT2D eigenvalue weighted by atomic mass is 10.0. The molecule has 2 nitrogen and oxygen atoms in total. The van der Waals surface area contributed by atoms with Crippen LogP contribution in [-0.4, -0.2) is 19.1 Å².